The van der Waals surface area contributed by atoms with Crippen LogP contribution in [0.25, 0.3) is 0 Å². The molecule has 0 radical (unpaired) electrons. The van der Waals surface area contributed by atoms with Crippen LogP contribution in [-0.2, 0) is 4.79 Å². The Kier molecular flexibility index (Phi) is 6.50. The van der Waals surface area contributed by atoms with Gasteiger partial charge in [-0.1, -0.05) is 36.4 Å². The molecule has 4 amide bonds. The van der Waals surface area contributed by atoms with Gasteiger partial charge in [0.15, 0.2) is 0 Å². The zero-order valence-corrected chi connectivity index (χ0v) is 17.6. The molecule has 2 aromatic rings. The third-order valence-corrected chi connectivity index (χ3v) is 5.98. The Labute approximate surface area is 182 Å². The van der Waals surface area contributed by atoms with E-state index in [0.29, 0.717) is 44.8 Å². The molecule has 2 heterocycles. The van der Waals surface area contributed by atoms with Crippen LogP contribution >= 0.6 is 0 Å². The maximum Gasteiger partial charge on any atom is 0.321 e. The highest BCUT2D eigenvalue weighted by Crippen LogP contribution is 2.21. The summed E-state index contributed by atoms with van der Waals surface area (Å²) in [6, 6.07) is 18.4. The average Bonchev–Trinajstić information content (AvgIpc) is 2.84. The predicted molar refractivity (Wildman–Crippen MR) is 119 cm³/mol. The summed E-state index contributed by atoms with van der Waals surface area (Å²) in [6.07, 6.45) is 1.60. The van der Waals surface area contributed by atoms with Crippen molar-refractivity contribution in [2.24, 2.45) is 5.92 Å². The van der Waals surface area contributed by atoms with Crippen molar-refractivity contribution in [1.82, 2.24) is 14.7 Å². The monoisotopic (exact) mass is 420 g/mol. The minimum absolute atomic E-state index is 0.00845. The summed E-state index contributed by atoms with van der Waals surface area (Å²) in [5.41, 5.74) is 1.43. The van der Waals surface area contributed by atoms with Crippen LogP contribution < -0.4 is 5.32 Å². The molecule has 2 fully saturated rings. The molecule has 0 aromatic heterocycles. The molecule has 0 spiro atoms. The maximum absolute atomic E-state index is 13.1. The molecule has 2 aliphatic heterocycles. The molecule has 0 saturated carbocycles. The van der Waals surface area contributed by atoms with E-state index < -0.39 is 0 Å². The van der Waals surface area contributed by atoms with Crippen LogP contribution in [-0.4, -0.2) is 71.8 Å². The Morgan fingerprint density at radius 1 is 0.742 bits per heavy atom. The van der Waals surface area contributed by atoms with Gasteiger partial charge in [0.25, 0.3) is 5.91 Å². The third-order valence-electron chi connectivity index (χ3n) is 5.98. The van der Waals surface area contributed by atoms with Crippen LogP contribution in [0, 0.1) is 5.92 Å². The fraction of sp³-hybridized carbons (Fsp3) is 0.375. The number of amides is 4. The number of carbonyl (C=O) groups excluding carboxylic acids is 3. The van der Waals surface area contributed by atoms with Crippen molar-refractivity contribution in [2.45, 2.75) is 12.8 Å². The summed E-state index contributed by atoms with van der Waals surface area (Å²) in [4.78, 5) is 43.7. The number of carbonyl (C=O) groups is 3. The molecule has 2 saturated heterocycles. The van der Waals surface area contributed by atoms with Gasteiger partial charge in [0.05, 0.1) is 5.92 Å². The molecule has 162 valence electrons. The molecule has 2 aromatic carbocycles. The molecule has 0 bridgehead atoms. The standard InChI is InChI=1S/C24H28N4O3/c29-22(19-8-3-1-4-9-19)26-14-16-27(17-15-26)23(30)20-10-7-13-28(18-20)24(31)25-21-11-5-2-6-12-21/h1-6,8-9,11-12,20H,7,10,13-18H2,(H,25,31). The molecule has 1 atom stereocenters. The average molecular weight is 421 g/mol. The van der Waals surface area contributed by atoms with Crippen LogP contribution in [0.3, 0.4) is 0 Å². The summed E-state index contributed by atoms with van der Waals surface area (Å²) in [6.45, 7) is 3.21. The van der Waals surface area contributed by atoms with Crippen molar-refractivity contribution in [3.63, 3.8) is 0 Å². The van der Waals surface area contributed by atoms with Crippen molar-refractivity contribution in [3.8, 4) is 0 Å². The van der Waals surface area contributed by atoms with Crippen LogP contribution in [0.4, 0.5) is 10.5 Å². The zero-order chi connectivity index (χ0) is 21.6. The molecule has 4 rings (SSSR count). The van der Waals surface area contributed by atoms with Crippen molar-refractivity contribution in [1.29, 1.82) is 0 Å². The molecule has 7 nitrogen and oxygen atoms in total. The second kappa shape index (κ2) is 9.64. The van der Waals surface area contributed by atoms with E-state index in [1.54, 1.807) is 9.80 Å². The maximum atomic E-state index is 13.1. The lowest BCUT2D eigenvalue weighted by Gasteiger charge is -2.39. The molecule has 1 N–H and O–H groups in total. The van der Waals surface area contributed by atoms with Crippen LogP contribution in [0.5, 0.6) is 0 Å². The Morgan fingerprint density at radius 2 is 1.35 bits per heavy atom. The van der Waals surface area contributed by atoms with Gasteiger partial charge in [0, 0.05) is 50.5 Å². The van der Waals surface area contributed by atoms with E-state index in [0.717, 1.165) is 18.5 Å². The Morgan fingerprint density at radius 3 is 2.03 bits per heavy atom. The van der Waals surface area contributed by atoms with E-state index in [1.165, 1.54) is 0 Å². The molecule has 0 aliphatic carbocycles. The lowest BCUT2D eigenvalue weighted by Crippen LogP contribution is -2.54. The highest BCUT2D eigenvalue weighted by molar-refractivity contribution is 5.94. The zero-order valence-electron chi connectivity index (χ0n) is 17.6. The van der Waals surface area contributed by atoms with Crippen molar-refractivity contribution >= 4 is 23.5 Å². The summed E-state index contributed by atoms with van der Waals surface area (Å²) < 4.78 is 0. The first-order chi connectivity index (χ1) is 15.1. The van der Waals surface area contributed by atoms with Crippen LogP contribution in [0.1, 0.15) is 23.2 Å². The molecular weight excluding hydrogens is 392 g/mol. The normalized spacial score (nSPS) is 19.1. The number of para-hydroxylation sites is 1. The number of anilines is 1. The largest absolute Gasteiger partial charge is 0.339 e. The minimum atomic E-state index is -0.188. The molecule has 31 heavy (non-hydrogen) atoms. The topological polar surface area (TPSA) is 73.0 Å². The van der Waals surface area contributed by atoms with E-state index >= 15 is 0 Å². The summed E-state index contributed by atoms with van der Waals surface area (Å²) in [7, 11) is 0. The van der Waals surface area contributed by atoms with E-state index in [4.69, 9.17) is 0 Å². The first-order valence-electron chi connectivity index (χ1n) is 10.9. The number of nitrogens with one attached hydrogen (secondary N) is 1. The van der Waals surface area contributed by atoms with Gasteiger partial charge in [-0.05, 0) is 37.1 Å². The fourth-order valence-electron chi connectivity index (χ4n) is 4.24. The third kappa shape index (κ3) is 5.05. The van der Waals surface area contributed by atoms with Gasteiger partial charge in [-0.3, -0.25) is 9.59 Å². The smallest absolute Gasteiger partial charge is 0.321 e. The molecule has 7 heteroatoms. The first-order valence-corrected chi connectivity index (χ1v) is 10.9. The number of likely N-dealkylation sites (tertiary alicyclic amines) is 1. The van der Waals surface area contributed by atoms with E-state index in [9.17, 15) is 14.4 Å². The van der Waals surface area contributed by atoms with Crippen LogP contribution in [0.2, 0.25) is 0 Å². The SMILES string of the molecule is O=C(Nc1ccccc1)N1CCCC(C(=O)N2CCN(C(=O)c3ccccc3)CC2)C1. The minimum Gasteiger partial charge on any atom is -0.339 e. The number of nitrogens with zero attached hydrogens (tertiary/aromatic N) is 3. The lowest BCUT2D eigenvalue weighted by molar-refractivity contribution is -0.138. The quantitative estimate of drug-likeness (QED) is 0.830. The number of benzene rings is 2. The van der Waals surface area contributed by atoms with Gasteiger partial charge in [-0.2, -0.15) is 0 Å². The predicted octanol–water partition coefficient (Wildman–Crippen LogP) is 2.92. The van der Waals surface area contributed by atoms with Crippen molar-refractivity contribution in [3.05, 3.63) is 66.2 Å². The van der Waals surface area contributed by atoms with E-state index in [-0.39, 0.29) is 23.8 Å². The second-order valence-electron chi connectivity index (χ2n) is 8.06. The van der Waals surface area contributed by atoms with Crippen molar-refractivity contribution < 1.29 is 14.4 Å². The number of hydrogen-bond acceptors (Lipinski definition) is 3. The molecular formula is C24H28N4O3. The van der Waals surface area contributed by atoms with Gasteiger partial charge >= 0.3 is 6.03 Å². The Bertz CT molecular complexity index is 911. The van der Waals surface area contributed by atoms with Gasteiger partial charge < -0.3 is 20.0 Å². The Hall–Kier alpha value is -3.35. The highest BCUT2D eigenvalue weighted by Gasteiger charge is 2.33. The van der Waals surface area contributed by atoms with Crippen molar-refractivity contribution in [2.75, 3.05) is 44.6 Å². The molecule has 2 aliphatic rings. The van der Waals surface area contributed by atoms with Gasteiger partial charge in [-0.25, -0.2) is 4.79 Å². The van der Waals surface area contributed by atoms with E-state index in [2.05, 4.69) is 5.32 Å². The first kappa shape index (κ1) is 20.9. The van der Waals surface area contributed by atoms with E-state index in [1.807, 2.05) is 65.6 Å². The summed E-state index contributed by atoms with van der Waals surface area (Å²) in [5.74, 6) is -0.0928. The van der Waals surface area contributed by atoms with Gasteiger partial charge in [0.1, 0.15) is 0 Å². The lowest BCUT2D eigenvalue weighted by atomic mass is 9.96. The summed E-state index contributed by atoms with van der Waals surface area (Å²) >= 11 is 0. The number of hydrogen-bond donors (Lipinski definition) is 1. The number of urea groups is 1. The van der Waals surface area contributed by atoms with Crippen LogP contribution in [0.15, 0.2) is 60.7 Å². The molecule has 1 unspecified atom stereocenters. The number of piperazine rings is 1. The number of piperidine rings is 1. The highest BCUT2D eigenvalue weighted by atomic mass is 16.2. The van der Waals surface area contributed by atoms with Gasteiger partial charge in [-0.15, -0.1) is 0 Å². The number of rotatable bonds is 3. The Balaban J connectivity index is 1.29. The van der Waals surface area contributed by atoms with Gasteiger partial charge in [0.2, 0.25) is 5.91 Å². The second-order valence-corrected chi connectivity index (χ2v) is 8.06. The fourth-order valence-corrected chi connectivity index (χ4v) is 4.24. The summed E-state index contributed by atoms with van der Waals surface area (Å²) in [5, 5.41) is 2.90.